The van der Waals surface area contributed by atoms with E-state index in [0.717, 1.165) is 29.5 Å². The number of nitrogens with zero attached hydrogens (tertiary/aromatic N) is 5. The third-order valence-electron chi connectivity index (χ3n) is 4.38. The van der Waals surface area contributed by atoms with E-state index in [1.165, 1.54) is 11.8 Å². The minimum atomic E-state index is 0.402. The molecule has 0 saturated carbocycles. The number of hydrogen-bond donors (Lipinski definition) is 2. The molecule has 0 amide bonds. The van der Waals surface area contributed by atoms with Crippen LogP contribution < -0.4 is 15.5 Å². The summed E-state index contributed by atoms with van der Waals surface area (Å²) in [5, 5.41) is 8.65. The van der Waals surface area contributed by atoms with Gasteiger partial charge in [-0.3, -0.25) is 0 Å². The number of thiocarbonyl (C=S) groups is 1. The molecule has 11 heteroatoms. The fourth-order valence-corrected chi connectivity index (χ4v) is 3.95. The monoisotopic (exact) mass is 473 g/mol. The second kappa shape index (κ2) is 10.7. The quantitative estimate of drug-likeness (QED) is 0.315. The number of rotatable bonds is 6. The molecule has 2 N–H and O–H groups in total. The predicted molar refractivity (Wildman–Crippen MR) is 126 cm³/mol. The first-order valence-corrected chi connectivity index (χ1v) is 11.2. The highest BCUT2D eigenvalue weighted by Crippen LogP contribution is 2.27. The predicted octanol–water partition coefficient (Wildman–Crippen LogP) is 3.39. The number of halogens is 1. The summed E-state index contributed by atoms with van der Waals surface area (Å²) in [5.74, 6) is 1.20. The molecule has 1 aliphatic heterocycles. The first-order valence-electron chi connectivity index (χ1n) is 9.62. The van der Waals surface area contributed by atoms with Crippen molar-refractivity contribution in [2.75, 3.05) is 36.5 Å². The third-order valence-corrected chi connectivity index (χ3v) is 5.81. The molecule has 31 heavy (non-hydrogen) atoms. The molecule has 160 valence electrons. The highest BCUT2D eigenvalue weighted by atomic mass is 35.5. The summed E-state index contributed by atoms with van der Waals surface area (Å²) in [5.41, 5.74) is 0.953. The van der Waals surface area contributed by atoms with Gasteiger partial charge in [-0.25, -0.2) is 15.0 Å². The summed E-state index contributed by atoms with van der Waals surface area (Å²) in [6.45, 7) is 3.34. The van der Waals surface area contributed by atoms with Crippen LogP contribution in [-0.4, -0.2) is 51.4 Å². The van der Waals surface area contributed by atoms with Crippen LogP contribution in [0.5, 0.6) is 0 Å². The van der Waals surface area contributed by atoms with Gasteiger partial charge in [0.15, 0.2) is 10.3 Å². The lowest BCUT2D eigenvalue weighted by Gasteiger charge is -2.28. The van der Waals surface area contributed by atoms with Crippen molar-refractivity contribution in [3.8, 4) is 0 Å². The number of ether oxygens (including phenoxy) is 1. The van der Waals surface area contributed by atoms with Crippen LogP contribution in [0.3, 0.4) is 0 Å². The fraction of sp³-hybridized carbons (Fsp3) is 0.250. The van der Waals surface area contributed by atoms with Gasteiger partial charge in [-0.05, 0) is 41.7 Å². The van der Waals surface area contributed by atoms with Gasteiger partial charge in [-0.15, -0.1) is 0 Å². The van der Waals surface area contributed by atoms with Crippen molar-refractivity contribution in [1.82, 2.24) is 25.3 Å². The second-order valence-electron chi connectivity index (χ2n) is 6.52. The fourth-order valence-electron chi connectivity index (χ4n) is 2.87. The minimum absolute atomic E-state index is 0.402. The molecule has 2 aromatic heterocycles. The van der Waals surface area contributed by atoms with E-state index in [-0.39, 0.29) is 0 Å². The first-order chi connectivity index (χ1) is 15.2. The normalized spacial score (nSPS) is 13.6. The van der Waals surface area contributed by atoms with Crippen molar-refractivity contribution in [3.05, 3.63) is 59.4 Å². The van der Waals surface area contributed by atoms with E-state index in [4.69, 9.17) is 28.6 Å². The minimum Gasteiger partial charge on any atom is -0.378 e. The van der Waals surface area contributed by atoms with Crippen LogP contribution in [0, 0.1) is 0 Å². The maximum Gasteiger partial charge on any atom is 0.232 e. The van der Waals surface area contributed by atoms with Gasteiger partial charge in [-0.1, -0.05) is 29.8 Å². The standard InChI is InChI=1S/C20H20ClN7OS2/c21-15-5-2-1-4-14(15)13-24-19(30)27-18-25-16(28-8-10-29-11-9-28)12-17(26-18)31-20-22-6-3-7-23-20/h1-7,12H,8-11,13H2,(H2,24,25,26,27,30). The van der Waals surface area contributed by atoms with Gasteiger partial charge in [0.25, 0.3) is 0 Å². The number of morpholine rings is 1. The lowest BCUT2D eigenvalue weighted by Crippen LogP contribution is -2.37. The Hall–Kier alpha value is -2.53. The molecule has 1 saturated heterocycles. The molecule has 1 aromatic carbocycles. The molecular formula is C20H20ClN7OS2. The highest BCUT2D eigenvalue weighted by Gasteiger charge is 2.16. The van der Waals surface area contributed by atoms with Gasteiger partial charge in [0.2, 0.25) is 5.95 Å². The lowest BCUT2D eigenvalue weighted by molar-refractivity contribution is 0.122. The van der Waals surface area contributed by atoms with Crippen LogP contribution in [0.4, 0.5) is 11.8 Å². The van der Waals surface area contributed by atoms with E-state index in [2.05, 4.69) is 35.5 Å². The largest absolute Gasteiger partial charge is 0.378 e. The molecule has 8 nitrogen and oxygen atoms in total. The van der Waals surface area contributed by atoms with E-state index in [1.54, 1.807) is 18.5 Å². The Morgan fingerprint density at radius 3 is 2.68 bits per heavy atom. The highest BCUT2D eigenvalue weighted by molar-refractivity contribution is 7.99. The average Bonchev–Trinajstić information content (AvgIpc) is 2.80. The summed E-state index contributed by atoms with van der Waals surface area (Å²) >= 11 is 13.0. The molecule has 1 aliphatic rings. The van der Waals surface area contributed by atoms with Gasteiger partial charge in [-0.2, -0.15) is 4.98 Å². The molecule has 4 rings (SSSR count). The lowest BCUT2D eigenvalue weighted by atomic mass is 10.2. The second-order valence-corrected chi connectivity index (χ2v) is 8.32. The number of hydrogen-bond acceptors (Lipinski definition) is 8. The van der Waals surface area contributed by atoms with Crippen molar-refractivity contribution in [3.63, 3.8) is 0 Å². The van der Waals surface area contributed by atoms with Gasteiger partial charge in [0.1, 0.15) is 10.8 Å². The number of benzene rings is 1. The van der Waals surface area contributed by atoms with Crippen LogP contribution in [-0.2, 0) is 11.3 Å². The zero-order valence-corrected chi connectivity index (χ0v) is 18.9. The zero-order valence-electron chi connectivity index (χ0n) is 16.5. The summed E-state index contributed by atoms with van der Waals surface area (Å²) in [7, 11) is 0. The van der Waals surface area contributed by atoms with Crippen LogP contribution in [0.25, 0.3) is 0 Å². The van der Waals surface area contributed by atoms with E-state index in [1.807, 2.05) is 30.3 Å². The summed E-state index contributed by atoms with van der Waals surface area (Å²) < 4.78 is 5.46. The summed E-state index contributed by atoms with van der Waals surface area (Å²) in [6.07, 6.45) is 3.40. The van der Waals surface area contributed by atoms with Crippen LogP contribution >= 0.6 is 35.6 Å². The number of anilines is 2. The smallest absolute Gasteiger partial charge is 0.232 e. The molecule has 1 fully saturated rings. The van der Waals surface area contributed by atoms with E-state index in [0.29, 0.717) is 41.0 Å². The van der Waals surface area contributed by atoms with Crippen LogP contribution in [0.2, 0.25) is 5.02 Å². The van der Waals surface area contributed by atoms with Gasteiger partial charge >= 0.3 is 0 Å². The van der Waals surface area contributed by atoms with Crippen LogP contribution in [0.15, 0.2) is 59.0 Å². The average molecular weight is 474 g/mol. The molecule has 0 radical (unpaired) electrons. The van der Waals surface area contributed by atoms with Gasteiger partial charge in [0, 0.05) is 43.1 Å². The zero-order chi connectivity index (χ0) is 21.5. The Morgan fingerprint density at radius 1 is 1.13 bits per heavy atom. The van der Waals surface area contributed by atoms with E-state index < -0.39 is 0 Å². The number of nitrogens with one attached hydrogen (secondary N) is 2. The SMILES string of the molecule is S=C(NCc1ccccc1Cl)Nc1nc(Sc2ncccn2)cc(N2CCOCC2)n1. The molecule has 0 bridgehead atoms. The third kappa shape index (κ3) is 6.23. The van der Waals surface area contributed by atoms with Crippen molar-refractivity contribution in [2.24, 2.45) is 0 Å². The number of aromatic nitrogens is 4. The van der Waals surface area contributed by atoms with Crippen molar-refractivity contribution in [1.29, 1.82) is 0 Å². The molecule has 0 atom stereocenters. The van der Waals surface area contributed by atoms with Crippen molar-refractivity contribution >= 4 is 52.5 Å². The molecule has 0 unspecified atom stereocenters. The van der Waals surface area contributed by atoms with Crippen molar-refractivity contribution in [2.45, 2.75) is 16.7 Å². The topological polar surface area (TPSA) is 88.1 Å². The maximum absolute atomic E-state index is 6.21. The molecule has 3 heterocycles. The molecule has 0 spiro atoms. The Kier molecular flexibility index (Phi) is 7.47. The Morgan fingerprint density at radius 2 is 1.90 bits per heavy atom. The Balaban J connectivity index is 1.50. The van der Waals surface area contributed by atoms with E-state index in [9.17, 15) is 0 Å². The van der Waals surface area contributed by atoms with Crippen LogP contribution in [0.1, 0.15) is 5.56 Å². The Labute approximate surface area is 194 Å². The van der Waals surface area contributed by atoms with E-state index >= 15 is 0 Å². The first kappa shape index (κ1) is 21.7. The van der Waals surface area contributed by atoms with Crippen molar-refractivity contribution < 1.29 is 4.74 Å². The van der Waals surface area contributed by atoms with Gasteiger partial charge < -0.3 is 20.3 Å². The summed E-state index contributed by atoms with van der Waals surface area (Å²) in [4.78, 5) is 19.9. The molecule has 3 aromatic rings. The summed E-state index contributed by atoms with van der Waals surface area (Å²) in [6, 6.07) is 11.3. The molecular weight excluding hydrogens is 454 g/mol. The Bertz CT molecular complexity index is 1040. The van der Waals surface area contributed by atoms with Gasteiger partial charge in [0.05, 0.1) is 13.2 Å². The molecule has 0 aliphatic carbocycles. The maximum atomic E-state index is 6.21.